The van der Waals surface area contributed by atoms with E-state index in [-0.39, 0.29) is 5.91 Å². The van der Waals surface area contributed by atoms with Gasteiger partial charge in [-0.1, -0.05) is 31.4 Å². The molecule has 1 fully saturated rings. The molecule has 1 amide bonds. The number of carbonyl (C=O) groups is 1. The molecule has 1 N–H and O–H groups in total. The van der Waals surface area contributed by atoms with Crippen LogP contribution in [-0.2, 0) is 0 Å². The first kappa shape index (κ1) is 12.0. The summed E-state index contributed by atoms with van der Waals surface area (Å²) >= 11 is 0. The molecule has 1 radical (unpaired) electrons. The van der Waals surface area contributed by atoms with Gasteiger partial charge in [-0.2, -0.15) is 0 Å². The zero-order valence-electron chi connectivity index (χ0n) is 10.2. The molecule has 91 valence electrons. The molecule has 0 atom stereocenters. The molecule has 1 aliphatic rings. The van der Waals surface area contributed by atoms with E-state index in [0.29, 0.717) is 11.3 Å². The Bertz CT molecular complexity index is 384. The first-order valence-corrected chi connectivity index (χ1v) is 6.10. The Labute approximate surface area is 102 Å². The van der Waals surface area contributed by atoms with Gasteiger partial charge in [0.05, 0.1) is 18.7 Å². The van der Waals surface area contributed by atoms with Crippen LogP contribution >= 0.6 is 0 Å². The molecule has 0 aliphatic heterocycles. The number of rotatable bonds is 3. The van der Waals surface area contributed by atoms with E-state index < -0.39 is 0 Å². The lowest BCUT2D eigenvalue weighted by Crippen LogP contribution is -2.30. The Morgan fingerprint density at radius 2 is 1.88 bits per heavy atom. The van der Waals surface area contributed by atoms with Crippen LogP contribution in [0.4, 0.5) is 0 Å². The highest BCUT2D eigenvalue weighted by molar-refractivity contribution is 5.97. The third-order valence-electron chi connectivity index (χ3n) is 3.10. The number of nitrogens with one attached hydrogen (secondary N) is 1. The minimum Gasteiger partial charge on any atom is -0.496 e. The third-order valence-corrected chi connectivity index (χ3v) is 3.10. The Balaban J connectivity index is 2.03. The van der Waals surface area contributed by atoms with Gasteiger partial charge in [-0.25, -0.2) is 0 Å². The number of hydrogen-bond acceptors (Lipinski definition) is 2. The van der Waals surface area contributed by atoms with Crippen LogP contribution in [0.25, 0.3) is 0 Å². The van der Waals surface area contributed by atoms with Crippen LogP contribution < -0.4 is 10.1 Å². The molecule has 3 heteroatoms. The maximum absolute atomic E-state index is 12.1. The summed E-state index contributed by atoms with van der Waals surface area (Å²) in [5.74, 6) is 0.570. The van der Waals surface area contributed by atoms with Crippen LogP contribution in [0.2, 0.25) is 0 Å². The quantitative estimate of drug-likeness (QED) is 0.870. The van der Waals surface area contributed by atoms with Crippen LogP contribution in [0.5, 0.6) is 5.75 Å². The van der Waals surface area contributed by atoms with Gasteiger partial charge < -0.3 is 10.1 Å². The Morgan fingerprint density at radius 1 is 1.18 bits per heavy atom. The van der Waals surface area contributed by atoms with E-state index in [9.17, 15) is 4.79 Å². The molecule has 2 rings (SSSR count). The van der Waals surface area contributed by atoms with Gasteiger partial charge in [0.15, 0.2) is 0 Å². The van der Waals surface area contributed by atoms with E-state index in [4.69, 9.17) is 4.74 Å². The molecular formula is C14H18NO2. The minimum absolute atomic E-state index is 0.0562. The fourth-order valence-electron chi connectivity index (χ4n) is 2.16. The first-order valence-electron chi connectivity index (χ1n) is 6.10. The summed E-state index contributed by atoms with van der Waals surface area (Å²) in [7, 11) is 1.58. The zero-order valence-corrected chi connectivity index (χ0v) is 10.2. The number of carbonyl (C=O) groups excluding carboxylic acids is 1. The summed E-state index contributed by atoms with van der Waals surface area (Å²) in [4.78, 5) is 12.1. The van der Waals surface area contributed by atoms with E-state index in [1.54, 1.807) is 19.2 Å². The van der Waals surface area contributed by atoms with Gasteiger partial charge in [0, 0.05) is 0 Å². The van der Waals surface area contributed by atoms with E-state index in [1.165, 1.54) is 19.3 Å². The molecule has 1 aromatic rings. The number of benzene rings is 1. The highest BCUT2D eigenvalue weighted by Gasteiger charge is 2.19. The van der Waals surface area contributed by atoms with E-state index >= 15 is 0 Å². The van der Waals surface area contributed by atoms with Crippen LogP contribution in [-0.4, -0.2) is 13.0 Å². The van der Waals surface area contributed by atoms with Crippen LogP contribution in [0.15, 0.2) is 24.3 Å². The zero-order chi connectivity index (χ0) is 12.1. The second-order valence-electron chi connectivity index (χ2n) is 4.32. The normalized spacial score (nSPS) is 16.5. The van der Waals surface area contributed by atoms with Gasteiger partial charge in [0.1, 0.15) is 5.75 Å². The first-order chi connectivity index (χ1) is 8.31. The van der Waals surface area contributed by atoms with Crippen molar-refractivity contribution >= 4 is 5.91 Å². The number of methoxy groups -OCH3 is 1. The predicted molar refractivity (Wildman–Crippen MR) is 66.8 cm³/mol. The summed E-state index contributed by atoms with van der Waals surface area (Å²) in [6.45, 7) is 0. The molecule has 0 saturated heterocycles. The minimum atomic E-state index is -0.0562. The fourth-order valence-corrected chi connectivity index (χ4v) is 2.16. The van der Waals surface area contributed by atoms with Crippen LogP contribution in [0, 0.1) is 6.04 Å². The van der Waals surface area contributed by atoms with Crippen molar-refractivity contribution in [2.75, 3.05) is 7.11 Å². The summed E-state index contributed by atoms with van der Waals surface area (Å²) in [6, 6.07) is 8.47. The van der Waals surface area contributed by atoms with Crippen molar-refractivity contribution in [3.8, 4) is 5.75 Å². The van der Waals surface area contributed by atoms with Crippen molar-refractivity contribution in [1.29, 1.82) is 0 Å². The second kappa shape index (κ2) is 5.71. The molecule has 3 nitrogen and oxygen atoms in total. The van der Waals surface area contributed by atoms with Gasteiger partial charge in [0.25, 0.3) is 5.91 Å². The molecule has 17 heavy (non-hydrogen) atoms. The lowest BCUT2D eigenvalue weighted by atomic mass is 9.95. The summed E-state index contributed by atoms with van der Waals surface area (Å²) in [5.41, 5.74) is 0.605. The topological polar surface area (TPSA) is 38.3 Å². The van der Waals surface area contributed by atoms with E-state index in [2.05, 4.69) is 5.32 Å². The average molecular weight is 232 g/mol. The lowest BCUT2D eigenvalue weighted by molar-refractivity contribution is 0.0947. The Kier molecular flexibility index (Phi) is 4.02. The van der Waals surface area contributed by atoms with Gasteiger partial charge in [-0.05, 0) is 25.0 Å². The number of para-hydroxylation sites is 1. The monoisotopic (exact) mass is 232 g/mol. The van der Waals surface area contributed by atoms with Crippen LogP contribution in [0.1, 0.15) is 42.5 Å². The SMILES string of the molecule is COc1ccccc1C(=O)N[C]1CCCCC1. The average Bonchev–Trinajstić information content (AvgIpc) is 2.40. The second-order valence-corrected chi connectivity index (χ2v) is 4.32. The maximum atomic E-state index is 12.1. The highest BCUT2D eigenvalue weighted by Crippen LogP contribution is 2.24. The Hall–Kier alpha value is -1.51. The summed E-state index contributed by atoms with van der Waals surface area (Å²) < 4.78 is 5.19. The molecule has 0 spiro atoms. The predicted octanol–water partition coefficient (Wildman–Crippen LogP) is 2.92. The molecule has 1 saturated carbocycles. The highest BCUT2D eigenvalue weighted by atomic mass is 16.5. The summed E-state index contributed by atoms with van der Waals surface area (Å²) in [6.07, 6.45) is 5.67. The van der Waals surface area contributed by atoms with Gasteiger partial charge in [-0.15, -0.1) is 0 Å². The molecule has 0 aromatic heterocycles. The van der Waals surface area contributed by atoms with Crippen molar-refractivity contribution in [2.45, 2.75) is 32.1 Å². The van der Waals surface area contributed by atoms with E-state index in [0.717, 1.165) is 18.9 Å². The molecule has 1 aromatic carbocycles. The van der Waals surface area contributed by atoms with Crippen molar-refractivity contribution in [3.05, 3.63) is 35.9 Å². The standard InChI is InChI=1S/C14H18NO2/c1-17-13-10-6-5-9-12(13)14(16)15-11-7-3-2-4-8-11/h5-6,9-10H,2-4,7-8H2,1H3,(H,15,16). The molecule has 0 heterocycles. The molecule has 1 aliphatic carbocycles. The maximum Gasteiger partial charge on any atom is 0.255 e. The van der Waals surface area contributed by atoms with Crippen LogP contribution in [0.3, 0.4) is 0 Å². The summed E-state index contributed by atoms with van der Waals surface area (Å²) in [5, 5.41) is 3.01. The largest absolute Gasteiger partial charge is 0.496 e. The molecular weight excluding hydrogens is 214 g/mol. The number of amides is 1. The number of ether oxygens (including phenoxy) is 1. The van der Waals surface area contributed by atoms with Gasteiger partial charge >= 0.3 is 0 Å². The van der Waals surface area contributed by atoms with E-state index in [1.807, 2.05) is 12.1 Å². The van der Waals surface area contributed by atoms with Gasteiger partial charge in [0.2, 0.25) is 0 Å². The molecule has 0 unspecified atom stereocenters. The third kappa shape index (κ3) is 2.99. The lowest BCUT2D eigenvalue weighted by Gasteiger charge is -2.22. The Morgan fingerprint density at radius 3 is 2.59 bits per heavy atom. The van der Waals surface area contributed by atoms with Crippen molar-refractivity contribution in [2.24, 2.45) is 0 Å². The van der Waals surface area contributed by atoms with Crippen molar-refractivity contribution < 1.29 is 9.53 Å². The molecule has 0 bridgehead atoms. The van der Waals surface area contributed by atoms with Gasteiger partial charge in [-0.3, -0.25) is 4.79 Å². The number of hydrogen-bond donors (Lipinski definition) is 1. The smallest absolute Gasteiger partial charge is 0.255 e. The van der Waals surface area contributed by atoms with Crippen molar-refractivity contribution in [1.82, 2.24) is 5.32 Å². The fraction of sp³-hybridized carbons (Fsp3) is 0.429. The van der Waals surface area contributed by atoms with Crippen molar-refractivity contribution in [3.63, 3.8) is 0 Å².